The van der Waals surface area contributed by atoms with Crippen LogP contribution < -0.4 is 5.32 Å². The molecule has 1 aromatic heterocycles. The number of nitrogens with zero attached hydrogens (tertiary/aromatic N) is 3. The number of nitrogens with one attached hydrogen (secondary N) is 2. The van der Waals surface area contributed by atoms with Crippen molar-refractivity contribution in [2.75, 3.05) is 33.7 Å². The van der Waals surface area contributed by atoms with Gasteiger partial charge in [-0.2, -0.15) is 0 Å². The van der Waals surface area contributed by atoms with E-state index in [1.54, 1.807) is 0 Å². The van der Waals surface area contributed by atoms with Gasteiger partial charge in [-0.15, -0.1) is 0 Å². The molecule has 0 radical (unpaired) electrons. The number of aromatic nitrogens is 2. The molecule has 1 atom stereocenters. The van der Waals surface area contributed by atoms with E-state index in [9.17, 15) is 0 Å². The zero-order valence-corrected chi connectivity index (χ0v) is 12.0. The molecule has 2 aliphatic heterocycles. The van der Waals surface area contributed by atoms with Gasteiger partial charge < -0.3 is 20.1 Å². The van der Waals surface area contributed by atoms with Gasteiger partial charge in [0.2, 0.25) is 0 Å². The quantitative estimate of drug-likeness (QED) is 0.831. The largest absolute Gasteiger partial charge is 0.347 e. The van der Waals surface area contributed by atoms with Gasteiger partial charge in [0.25, 0.3) is 0 Å². The van der Waals surface area contributed by atoms with E-state index in [-0.39, 0.29) is 0 Å². The maximum absolute atomic E-state index is 4.41. The molecule has 2 aliphatic rings. The number of hydrogen-bond donors (Lipinski definition) is 2. The first-order chi connectivity index (χ1) is 9.22. The van der Waals surface area contributed by atoms with Crippen molar-refractivity contribution in [2.45, 2.75) is 37.9 Å². The molecule has 3 heterocycles. The number of aromatic amines is 1. The van der Waals surface area contributed by atoms with Crippen LogP contribution in [0.3, 0.4) is 0 Å². The fourth-order valence-electron chi connectivity index (χ4n) is 3.29. The van der Waals surface area contributed by atoms with Crippen molar-refractivity contribution in [1.29, 1.82) is 0 Å². The first kappa shape index (κ1) is 13.1. The van der Waals surface area contributed by atoms with Crippen LogP contribution in [0.15, 0.2) is 6.33 Å². The van der Waals surface area contributed by atoms with Gasteiger partial charge in [0.15, 0.2) is 0 Å². The summed E-state index contributed by atoms with van der Waals surface area (Å²) in [5.74, 6) is 0. The summed E-state index contributed by atoms with van der Waals surface area (Å²) in [7, 11) is 4.39. The lowest BCUT2D eigenvalue weighted by atomic mass is 10.0. The first-order valence-corrected chi connectivity index (χ1v) is 7.35. The molecule has 106 valence electrons. The van der Waals surface area contributed by atoms with Crippen LogP contribution in [0.1, 0.15) is 24.2 Å². The minimum atomic E-state index is 0.562. The molecule has 0 bridgehead atoms. The van der Waals surface area contributed by atoms with Gasteiger partial charge in [-0.3, -0.25) is 0 Å². The third-order valence-electron chi connectivity index (χ3n) is 4.58. The highest BCUT2D eigenvalue weighted by Gasteiger charge is 2.25. The Morgan fingerprint density at radius 1 is 1.37 bits per heavy atom. The molecular weight excluding hydrogens is 238 g/mol. The molecule has 0 spiro atoms. The van der Waals surface area contributed by atoms with E-state index < -0.39 is 0 Å². The third kappa shape index (κ3) is 2.99. The smallest absolute Gasteiger partial charge is 0.0925 e. The van der Waals surface area contributed by atoms with E-state index in [1.165, 1.54) is 37.3 Å². The van der Waals surface area contributed by atoms with Crippen LogP contribution in [0, 0.1) is 0 Å². The van der Waals surface area contributed by atoms with Crippen LogP contribution in [0.25, 0.3) is 0 Å². The third-order valence-corrected chi connectivity index (χ3v) is 4.58. The number of imidazole rings is 1. The molecule has 0 saturated carbocycles. The normalized spacial score (nSPS) is 25.7. The molecule has 2 N–H and O–H groups in total. The van der Waals surface area contributed by atoms with Gasteiger partial charge >= 0.3 is 0 Å². The Morgan fingerprint density at radius 3 is 2.89 bits per heavy atom. The lowest BCUT2D eigenvalue weighted by Gasteiger charge is -2.37. The zero-order valence-electron chi connectivity index (χ0n) is 12.0. The lowest BCUT2D eigenvalue weighted by Crippen LogP contribution is -2.49. The second-order valence-electron chi connectivity index (χ2n) is 6.11. The van der Waals surface area contributed by atoms with Gasteiger partial charge in [-0.05, 0) is 40.0 Å². The van der Waals surface area contributed by atoms with Crippen molar-refractivity contribution >= 4 is 0 Å². The monoisotopic (exact) mass is 263 g/mol. The Morgan fingerprint density at radius 2 is 2.16 bits per heavy atom. The number of likely N-dealkylation sites (tertiary alicyclic amines) is 1. The number of rotatable bonds is 3. The molecular formula is C14H25N5. The highest BCUT2D eigenvalue weighted by Crippen LogP contribution is 2.17. The minimum absolute atomic E-state index is 0.562. The van der Waals surface area contributed by atoms with Crippen molar-refractivity contribution in [3.05, 3.63) is 17.7 Å². The molecule has 3 rings (SSSR count). The number of H-pyrrole nitrogens is 1. The summed E-state index contributed by atoms with van der Waals surface area (Å²) < 4.78 is 0. The summed E-state index contributed by atoms with van der Waals surface area (Å²) in [6, 6.07) is 1.33. The van der Waals surface area contributed by atoms with Crippen LogP contribution in [0.2, 0.25) is 0 Å². The summed E-state index contributed by atoms with van der Waals surface area (Å²) in [5, 5.41) is 3.62. The Balaban J connectivity index is 1.48. The Hall–Kier alpha value is -0.910. The summed E-state index contributed by atoms with van der Waals surface area (Å²) >= 11 is 0. The van der Waals surface area contributed by atoms with Gasteiger partial charge in [-0.25, -0.2) is 4.98 Å². The molecule has 1 aromatic rings. The molecule has 0 amide bonds. The topological polar surface area (TPSA) is 47.2 Å². The van der Waals surface area contributed by atoms with E-state index in [4.69, 9.17) is 0 Å². The number of hydrogen-bond acceptors (Lipinski definition) is 4. The van der Waals surface area contributed by atoms with Crippen LogP contribution in [0.4, 0.5) is 0 Å². The van der Waals surface area contributed by atoms with Gasteiger partial charge in [0.05, 0.1) is 17.7 Å². The van der Waals surface area contributed by atoms with Gasteiger partial charge in [-0.1, -0.05) is 0 Å². The Labute approximate surface area is 115 Å². The van der Waals surface area contributed by atoms with Crippen molar-refractivity contribution in [1.82, 2.24) is 25.1 Å². The van der Waals surface area contributed by atoms with Crippen molar-refractivity contribution < 1.29 is 0 Å². The first-order valence-electron chi connectivity index (χ1n) is 7.35. The molecule has 19 heavy (non-hydrogen) atoms. The van der Waals surface area contributed by atoms with E-state index in [1.807, 2.05) is 6.33 Å². The summed E-state index contributed by atoms with van der Waals surface area (Å²) in [4.78, 5) is 12.6. The number of fused-ring (bicyclic) bond motifs is 1. The van der Waals surface area contributed by atoms with Gasteiger partial charge in [0.1, 0.15) is 0 Å². The fraction of sp³-hybridized carbons (Fsp3) is 0.786. The Kier molecular flexibility index (Phi) is 3.86. The molecule has 0 aliphatic carbocycles. The average molecular weight is 263 g/mol. The Bertz CT molecular complexity index is 406. The highest BCUT2D eigenvalue weighted by molar-refractivity contribution is 5.16. The highest BCUT2D eigenvalue weighted by atomic mass is 15.2. The predicted molar refractivity (Wildman–Crippen MR) is 76.1 cm³/mol. The van der Waals surface area contributed by atoms with Crippen LogP contribution >= 0.6 is 0 Å². The standard InChI is InChI=1S/C14H25N5/c1-18(2)12-3-5-19(6-4-12)9-11-7-13-14(8-15-11)17-10-16-13/h10-12,15H,3-9H2,1-2H3,(H,16,17). The average Bonchev–Trinajstić information content (AvgIpc) is 2.87. The molecule has 0 aromatic carbocycles. The second kappa shape index (κ2) is 5.61. The SMILES string of the molecule is CN(C)C1CCN(CC2Cc3nc[nH]c3CN2)CC1. The fourth-order valence-corrected chi connectivity index (χ4v) is 3.29. The predicted octanol–water partition coefficient (Wildman–Crippen LogP) is 0.450. The summed E-state index contributed by atoms with van der Waals surface area (Å²) in [5.41, 5.74) is 2.52. The van der Waals surface area contributed by atoms with Crippen molar-refractivity contribution in [2.24, 2.45) is 0 Å². The lowest BCUT2D eigenvalue weighted by molar-refractivity contribution is 0.133. The second-order valence-corrected chi connectivity index (χ2v) is 6.11. The van der Waals surface area contributed by atoms with Crippen LogP contribution in [0.5, 0.6) is 0 Å². The van der Waals surface area contributed by atoms with Crippen molar-refractivity contribution in [3.8, 4) is 0 Å². The van der Waals surface area contributed by atoms with E-state index in [0.29, 0.717) is 6.04 Å². The molecule has 1 unspecified atom stereocenters. The minimum Gasteiger partial charge on any atom is -0.347 e. The molecule has 5 nitrogen and oxygen atoms in total. The molecule has 5 heteroatoms. The number of piperidine rings is 1. The summed E-state index contributed by atoms with van der Waals surface area (Å²) in [6.45, 7) is 4.56. The molecule has 1 fully saturated rings. The van der Waals surface area contributed by atoms with Gasteiger partial charge in [0, 0.05) is 31.6 Å². The maximum Gasteiger partial charge on any atom is 0.0925 e. The molecule has 1 saturated heterocycles. The summed E-state index contributed by atoms with van der Waals surface area (Å²) in [6.07, 6.45) is 5.48. The van der Waals surface area contributed by atoms with Crippen LogP contribution in [-0.4, -0.2) is 65.6 Å². The van der Waals surface area contributed by atoms with Crippen molar-refractivity contribution in [3.63, 3.8) is 0 Å². The van der Waals surface area contributed by atoms with Crippen LogP contribution in [-0.2, 0) is 13.0 Å². The zero-order chi connectivity index (χ0) is 13.2. The van der Waals surface area contributed by atoms with E-state index >= 15 is 0 Å². The van der Waals surface area contributed by atoms with E-state index in [0.717, 1.165) is 25.6 Å². The van der Waals surface area contributed by atoms with E-state index in [2.05, 4.69) is 39.2 Å². The maximum atomic E-state index is 4.41.